The minimum atomic E-state index is 0.434. The minimum absolute atomic E-state index is 0.434. The van der Waals surface area contributed by atoms with E-state index in [-0.39, 0.29) is 0 Å². The fraction of sp³-hybridized carbons (Fsp3) is 0.706. The Hall–Kier alpha value is -1.13. The summed E-state index contributed by atoms with van der Waals surface area (Å²) in [6.45, 7) is 12.3. The number of methoxy groups -OCH3 is 1. The molecule has 0 atom stereocenters. The van der Waals surface area contributed by atoms with Gasteiger partial charge < -0.3 is 15.0 Å². The SMILES string of the molecule is CNCc1cc(C(C)C)nc(N(CCOC)CC(C)C)c1. The highest BCUT2D eigenvalue weighted by Gasteiger charge is 2.13. The van der Waals surface area contributed by atoms with Crippen molar-refractivity contribution in [2.75, 3.05) is 38.8 Å². The van der Waals surface area contributed by atoms with Crippen molar-refractivity contribution < 1.29 is 4.74 Å². The molecule has 0 aliphatic carbocycles. The molecule has 0 saturated heterocycles. The number of hydrogen-bond acceptors (Lipinski definition) is 4. The summed E-state index contributed by atoms with van der Waals surface area (Å²) in [6.07, 6.45) is 0. The second-order valence-corrected chi connectivity index (χ2v) is 6.28. The second-order valence-electron chi connectivity index (χ2n) is 6.28. The van der Waals surface area contributed by atoms with Crippen molar-refractivity contribution in [2.45, 2.75) is 40.2 Å². The molecule has 0 aromatic carbocycles. The smallest absolute Gasteiger partial charge is 0.129 e. The lowest BCUT2D eigenvalue weighted by Gasteiger charge is -2.27. The van der Waals surface area contributed by atoms with Gasteiger partial charge in [0.2, 0.25) is 0 Å². The van der Waals surface area contributed by atoms with Gasteiger partial charge in [0, 0.05) is 32.4 Å². The lowest BCUT2D eigenvalue weighted by atomic mass is 10.1. The maximum absolute atomic E-state index is 5.25. The zero-order valence-electron chi connectivity index (χ0n) is 14.4. The first-order chi connectivity index (χ1) is 9.97. The van der Waals surface area contributed by atoms with Gasteiger partial charge in [-0.25, -0.2) is 4.98 Å². The van der Waals surface area contributed by atoms with Crippen LogP contribution in [-0.4, -0.2) is 38.8 Å². The molecule has 120 valence electrons. The van der Waals surface area contributed by atoms with E-state index < -0.39 is 0 Å². The van der Waals surface area contributed by atoms with E-state index in [2.05, 4.69) is 50.0 Å². The Balaban J connectivity index is 3.08. The van der Waals surface area contributed by atoms with Gasteiger partial charge in [0.1, 0.15) is 5.82 Å². The number of pyridine rings is 1. The first-order valence-electron chi connectivity index (χ1n) is 7.87. The van der Waals surface area contributed by atoms with Crippen LogP contribution in [0.15, 0.2) is 12.1 Å². The molecule has 1 aromatic rings. The van der Waals surface area contributed by atoms with Crippen LogP contribution >= 0.6 is 0 Å². The quantitative estimate of drug-likeness (QED) is 0.759. The van der Waals surface area contributed by atoms with E-state index in [0.717, 1.165) is 37.8 Å². The summed E-state index contributed by atoms with van der Waals surface area (Å²) in [4.78, 5) is 7.20. The molecule has 0 radical (unpaired) electrons. The van der Waals surface area contributed by atoms with Crippen molar-refractivity contribution in [3.63, 3.8) is 0 Å². The molecule has 0 aliphatic rings. The van der Waals surface area contributed by atoms with Crippen LogP contribution < -0.4 is 10.2 Å². The Morgan fingerprint density at radius 2 is 1.95 bits per heavy atom. The van der Waals surface area contributed by atoms with Crippen LogP contribution in [0.1, 0.15) is 44.9 Å². The van der Waals surface area contributed by atoms with Gasteiger partial charge in [0.25, 0.3) is 0 Å². The summed E-state index contributed by atoms with van der Waals surface area (Å²) >= 11 is 0. The van der Waals surface area contributed by atoms with E-state index in [1.165, 1.54) is 5.56 Å². The summed E-state index contributed by atoms with van der Waals surface area (Å²) in [5.41, 5.74) is 2.45. The number of nitrogens with one attached hydrogen (secondary N) is 1. The molecule has 0 spiro atoms. The molecule has 0 unspecified atom stereocenters. The third-order valence-electron chi connectivity index (χ3n) is 3.34. The van der Waals surface area contributed by atoms with Crippen LogP contribution in [0.5, 0.6) is 0 Å². The average Bonchev–Trinajstić information content (AvgIpc) is 2.43. The van der Waals surface area contributed by atoms with Crippen LogP contribution in [-0.2, 0) is 11.3 Å². The summed E-state index contributed by atoms with van der Waals surface area (Å²) in [5, 5.41) is 3.23. The lowest BCUT2D eigenvalue weighted by molar-refractivity contribution is 0.204. The summed E-state index contributed by atoms with van der Waals surface area (Å²) < 4.78 is 5.25. The van der Waals surface area contributed by atoms with Crippen LogP contribution in [0.3, 0.4) is 0 Å². The highest BCUT2D eigenvalue weighted by atomic mass is 16.5. The Bertz CT molecular complexity index is 418. The van der Waals surface area contributed by atoms with Crippen molar-refractivity contribution in [3.8, 4) is 0 Å². The van der Waals surface area contributed by atoms with Gasteiger partial charge in [-0.1, -0.05) is 27.7 Å². The largest absolute Gasteiger partial charge is 0.383 e. The van der Waals surface area contributed by atoms with Crippen molar-refractivity contribution in [2.24, 2.45) is 5.92 Å². The molecule has 21 heavy (non-hydrogen) atoms. The molecule has 1 N–H and O–H groups in total. The number of anilines is 1. The van der Waals surface area contributed by atoms with Crippen molar-refractivity contribution >= 4 is 5.82 Å². The molecule has 1 aromatic heterocycles. The number of nitrogens with zero attached hydrogens (tertiary/aromatic N) is 2. The fourth-order valence-electron chi connectivity index (χ4n) is 2.30. The van der Waals surface area contributed by atoms with Gasteiger partial charge in [-0.05, 0) is 36.6 Å². The van der Waals surface area contributed by atoms with Crippen molar-refractivity contribution in [1.82, 2.24) is 10.3 Å². The van der Waals surface area contributed by atoms with Crippen LogP contribution in [0, 0.1) is 5.92 Å². The minimum Gasteiger partial charge on any atom is -0.383 e. The monoisotopic (exact) mass is 293 g/mol. The van der Waals surface area contributed by atoms with E-state index in [1.54, 1.807) is 7.11 Å². The van der Waals surface area contributed by atoms with Crippen LogP contribution in [0.4, 0.5) is 5.82 Å². The second kappa shape index (κ2) is 9.00. The van der Waals surface area contributed by atoms with Crippen molar-refractivity contribution in [1.29, 1.82) is 0 Å². The van der Waals surface area contributed by atoms with E-state index in [1.807, 2.05) is 7.05 Å². The van der Waals surface area contributed by atoms with Crippen LogP contribution in [0.2, 0.25) is 0 Å². The maximum atomic E-state index is 5.25. The first-order valence-corrected chi connectivity index (χ1v) is 7.87. The Morgan fingerprint density at radius 3 is 2.48 bits per heavy atom. The normalized spacial score (nSPS) is 11.4. The summed E-state index contributed by atoms with van der Waals surface area (Å²) in [6, 6.07) is 4.40. The molecule has 0 bridgehead atoms. The van der Waals surface area contributed by atoms with E-state index in [9.17, 15) is 0 Å². The standard InChI is InChI=1S/C17H31N3O/c1-13(2)12-20(7-8-21-6)17-10-15(11-18-5)9-16(19-17)14(3)4/h9-10,13-14,18H,7-8,11-12H2,1-6H3. The van der Waals surface area contributed by atoms with E-state index in [4.69, 9.17) is 9.72 Å². The van der Waals surface area contributed by atoms with Gasteiger partial charge >= 0.3 is 0 Å². The summed E-state index contributed by atoms with van der Waals surface area (Å²) in [7, 11) is 3.73. The molecule has 1 heterocycles. The maximum Gasteiger partial charge on any atom is 0.129 e. The fourth-order valence-corrected chi connectivity index (χ4v) is 2.30. The van der Waals surface area contributed by atoms with E-state index in [0.29, 0.717) is 11.8 Å². The highest BCUT2D eigenvalue weighted by Crippen LogP contribution is 2.21. The molecule has 0 amide bonds. The molecule has 0 fully saturated rings. The van der Waals surface area contributed by atoms with Gasteiger partial charge in [-0.2, -0.15) is 0 Å². The predicted molar refractivity (Wildman–Crippen MR) is 90.0 cm³/mol. The average molecular weight is 293 g/mol. The molecular formula is C17H31N3O. The topological polar surface area (TPSA) is 37.4 Å². The third-order valence-corrected chi connectivity index (χ3v) is 3.34. The number of ether oxygens (including phenoxy) is 1. The van der Waals surface area contributed by atoms with Crippen molar-refractivity contribution in [3.05, 3.63) is 23.4 Å². The number of rotatable bonds is 9. The third kappa shape index (κ3) is 6.02. The highest BCUT2D eigenvalue weighted by molar-refractivity contribution is 5.43. The van der Waals surface area contributed by atoms with Gasteiger partial charge in [0.05, 0.1) is 6.61 Å². The molecular weight excluding hydrogens is 262 g/mol. The Labute approximate surface area is 129 Å². The zero-order valence-corrected chi connectivity index (χ0v) is 14.4. The van der Waals surface area contributed by atoms with E-state index >= 15 is 0 Å². The molecule has 4 heteroatoms. The molecule has 0 saturated carbocycles. The Kier molecular flexibility index (Phi) is 7.68. The zero-order chi connectivity index (χ0) is 15.8. The summed E-state index contributed by atoms with van der Waals surface area (Å²) in [5.74, 6) is 2.10. The number of aromatic nitrogens is 1. The molecule has 1 rings (SSSR count). The lowest BCUT2D eigenvalue weighted by Crippen LogP contribution is -2.32. The molecule has 4 nitrogen and oxygen atoms in total. The van der Waals surface area contributed by atoms with Gasteiger partial charge in [0.15, 0.2) is 0 Å². The first kappa shape index (κ1) is 17.9. The molecule has 0 aliphatic heterocycles. The van der Waals surface area contributed by atoms with Gasteiger partial charge in [-0.15, -0.1) is 0 Å². The van der Waals surface area contributed by atoms with Gasteiger partial charge in [-0.3, -0.25) is 0 Å². The predicted octanol–water partition coefficient (Wildman–Crippen LogP) is 3.03. The van der Waals surface area contributed by atoms with Crippen LogP contribution in [0.25, 0.3) is 0 Å². The Morgan fingerprint density at radius 1 is 1.24 bits per heavy atom. The number of hydrogen-bond donors (Lipinski definition) is 1.